The van der Waals surface area contributed by atoms with Crippen LogP contribution in [-0.4, -0.2) is 19.3 Å². The van der Waals surface area contributed by atoms with Gasteiger partial charge in [-0.3, -0.25) is 14.5 Å². The molecule has 0 atom stereocenters. The molecule has 4 aromatic rings. The molecule has 8 heteroatoms. The number of hydrogen-bond acceptors (Lipinski definition) is 4. The fourth-order valence-electron chi connectivity index (χ4n) is 3.51. The molecule has 178 valence electrons. The Kier molecular flexibility index (Phi) is 7.19. The minimum absolute atomic E-state index is 0.0262. The average molecular weight is 506 g/mol. The van der Waals surface area contributed by atoms with Gasteiger partial charge < -0.3 is 5.32 Å². The zero-order chi connectivity index (χ0) is 25.0. The van der Waals surface area contributed by atoms with Crippen LogP contribution in [-0.2, 0) is 16.4 Å². The number of carbonyl (C=O) groups is 1. The Balaban J connectivity index is 1.49. The summed E-state index contributed by atoms with van der Waals surface area (Å²) in [5, 5.41) is 2.83. The van der Waals surface area contributed by atoms with E-state index >= 15 is 0 Å². The second kappa shape index (κ2) is 10.3. The first-order chi connectivity index (χ1) is 16.7. The van der Waals surface area contributed by atoms with E-state index in [-0.39, 0.29) is 15.5 Å². The van der Waals surface area contributed by atoms with Crippen molar-refractivity contribution in [1.82, 2.24) is 4.98 Å². The highest BCUT2D eigenvalue weighted by Crippen LogP contribution is 2.26. The molecule has 0 fully saturated rings. The molecule has 0 aliphatic rings. The lowest BCUT2D eigenvalue weighted by Crippen LogP contribution is -2.16. The summed E-state index contributed by atoms with van der Waals surface area (Å²) in [5.41, 5.74) is 5.43. The molecule has 4 rings (SSSR count). The Morgan fingerprint density at radius 2 is 1.49 bits per heavy atom. The molecule has 35 heavy (non-hydrogen) atoms. The summed E-state index contributed by atoms with van der Waals surface area (Å²) in [4.78, 5) is 16.7. The van der Waals surface area contributed by atoms with Gasteiger partial charge in [0.2, 0.25) is 0 Å². The van der Waals surface area contributed by atoms with Crippen LogP contribution >= 0.6 is 11.6 Å². The number of amides is 1. The van der Waals surface area contributed by atoms with Crippen LogP contribution in [0.15, 0.2) is 90.1 Å². The number of halogens is 1. The van der Waals surface area contributed by atoms with Gasteiger partial charge in [0.1, 0.15) is 4.90 Å². The number of nitrogens with zero attached hydrogens (tertiary/aromatic N) is 1. The van der Waals surface area contributed by atoms with E-state index in [0.717, 1.165) is 28.7 Å². The highest BCUT2D eigenvalue weighted by molar-refractivity contribution is 7.92. The second-order valence-corrected chi connectivity index (χ2v) is 10.3. The number of aromatic nitrogens is 1. The van der Waals surface area contributed by atoms with E-state index in [9.17, 15) is 13.2 Å². The average Bonchev–Trinajstić information content (AvgIpc) is 2.83. The third kappa shape index (κ3) is 6.07. The van der Waals surface area contributed by atoms with Crippen molar-refractivity contribution in [3.63, 3.8) is 0 Å². The number of aryl methyl sites for hydroxylation is 2. The molecule has 0 saturated heterocycles. The summed E-state index contributed by atoms with van der Waals surface area (Å²) >= 11 is 6.20. The first-order valence-corrected chi connectivity index (χ1v) is 12.8. The van der Waals surface area contributed by atoms with Gasteiger partial charge in [-0.25, -0.2) is 8.42 Å². The summed E-state index contributed by atoms with van der Waals surface area (Å²) < 4.78 is 28.6. The maximum absolute atomic E-state index is 13.0. The van der Waals surface area contributed by atoms with Crippen LogP contribution < -0.4 is 10.0 Å². The molecular formula is C27H24ClN3O3S. The van der Waals surface area contributed by atoms with Crippen LogP contribution in [0.4, 0.5) is 11.4 Å². The number of pyridine rings is 1. The quantitative estimate of drug-likeness (QED) is 0.322. The van der Waals surface area contributed by atoms with Gasteiger partial charge in [0.15, 0.2) is 0 Å². The van der Waals surface area contributed by atoms with E-state index in [4.69, 9.17) is 11.6 Å². The number of sulfonamides is 1. The predicted molar refractivity (Wildman–Crippen MR) is 140 cm³/mol. The van der Waals surface area contributed by atoms with Crippen LogP contribution in [0.3, 0.4) is 0 Å². The van der Waals surface area contributed by atoms with Crippen molar-refractivity contribution in [3.8, 4) is 0 Å². The molecule has 1 amide bonds. The molecule has 6 nitrogen and oxygen atoms in total. The van der Waals surface area contributed by atoms with E-state index in [1.807, 2.05) is 56.3 Å². The van der Waals surface area contributed by atoms with Crippen molar-refractivity contribution in [2.75, 3.05) is 10.0 Å². The van der Waals surface area contributed by atoms with Crippen molar-refractivity contribution >= 4 is 38.9 Å². The number of carbonyl (C=O) groups excluding carboxylic acids is 1. The lowest BCUT2D eigenvalue weighted by molar-refractivity contribution is 0.102. The maximum Gasteiger partial charge on any atom is 0.263 e. The molecule has 0 aliphatic carbocycles. The third-order valence-electron chi connectivity index (χ3n) is 5.61. The summed E-state index contributed by atoms with van der Waals surface area (Å²) in [7, 11) is -4.00. The summed E-state index contributed by atoms with van der Waals surface area (Å²) in [6.07, 6.45) is 4.26. The summed E-state index contributed by atoms with van der Waals surface area (Å²) in [6, 6.07) is 20.8. The molecular weight excluding hydrogens is 482 g/mol. The normalized spacial score (nSPS) is 11.2. The Morgan fingerprint density at radius 1 is 0.829 bits per heavy atom. The lowest BCUT2D eigenvalue weighted by atomic mass is 10.1. The van der Waals surface area contributed by atoms with Gasteiger partial charge in [0.05, 0.1) is 5.02 Å². The molecule has 3 aromatic carbocycles. The zero-order valence-electron chi connectivity index (χ0n) is 19.2. The number of anilines is 2. The Morgan fingerprint density at radius 3 is 2.17 bits per heavy atom. The van der Waals surface area contributed by atoms with Gasteiger partial charge in [-0.15, -0.1) is 0 Å². The number of nitrogens with one attached hydrogen (secondary N) is 2. The van der Waals surface area contributed by atoms with Crippen LogP contribution in [0.1, 0.15) is 32.6 Å². The SMILES string of the molecule is Cc1ccc(NS(=O)(=O)c2cc(C(=O)Nc3ccc(Cc4ccncc4)cc3)ccc2Cl)cc1C. The minimum Gasteiger partial charge on any atom is -0.322 e. The molecule has 0 spiro atoms. The van der Waals surface area contributed by atoms with E-state index in [1.165, 1.54) is 18.2 Å². The van der Waals surface area contributed by atoms with Gasteiger partial charge in [-0.1, -0.05) is 29.8 Å². The first kappa shape index (κ1) is 24.4. The number of hydrogen-bond donors (Lipinski definition) is 2. The lowest BCUT2D eigenvalue weighted by Gasteiger charge is -2.12. The van der Waals surface area contributed by atoms with Gasteiger partial charge in [0, 0.05) is 29.3 Å². The van der Waals surface area contributed by atoms with Crippen molar-refractivity contribution in [3.05, 3.63) is 118 Å². The molecule has 1 heterocycles. The van der Waals surface area contributed by atoms with Crippen molar-refractivity contribution in [1.29, 1.82) is 0 Å². The number of rotatable bonds is 7. The standard InChI is InChI=1S/C27H24ClN3O3S/c1-18-3-7-24(15-19(18)2)31-35(33,34)26-17-22(6-10-25(26)28)27(32)30-23-8-4-20(5-9-23)16-21-11-13-29-14-12-21/h3-15,17,31H,16H2,1-2H3,(H,30,32). The van der Waals surface area contributed by atoms with Crippen LogP contribution in [0.5, 0.6) is 0 Å². The van der Waals surface area contributed by atoms with Gasteiger partial charge in [-0.2, -0.15) is 0 Å². The fourth-order valence-corrected chi connectivity index (χ4v) is 5.09. The molecule has 0 unspecified atom stereocenters. The van der Waals surface area contributed by atoms with Crippen LogP contribution in [0.2, 0.25) is 5.02 Å². The topological polar surface area (TPSA) is 88.2 Å². The van der Waals surface area contributed by atoms with Gasteiger partial charge >= 0.3 is 0 Å². The van der Waals surface area contributed by atoms with E-state index in [0.29, 0.717) is 11.4 Å². The van der Waals surface area contributed by atoms with Crippen molar-refractivity contribution < 1.29 is 13.2 Å². The van der Waals surface area contributed by atoms with E-state index < -0.39 is 15.9 Å². The zero-order valence-corrected chi connectivity index (χ0v) is 20.8. The maximum atomic E-state index is 13.0. The molecule has 0 bridgehead atoms. The van der Waals surface area contributed by atoms with E-state index in [1.54, 1.807) is 24.5 Å². The monoisotopic (exact) mass is 505 g/mol. The van der Waals surface area contributed by atoms with Gasteiger partial charge in [-0.05, 0) is 97.1 Å². The van der Waals surface area contributed by atoms with E-state index in [2.05, 4.69) is 15.0 Å². The fraction of sp³-hybridized carbons (Fsp3) is 0.111. The van der Waals surface area contributed by atoms with Crippen LogP contribution in [0, 0.1) is 13.8 Å². The highest BCUT2D eigenvalue weighted by atomic mass is 35.5. The summed E-state index contributed by atoms with van der Waals surface area (Å²) in [6.45, 7) is 3.85. The molecule has 0 aliphatic heterocycles. The smallest absolute Gasteiger partial charge is 0.263 e. The first-order valence-electron chi connectivity index (χ1n) is 10.9. The Hall–Kier alpha value is -3.68. The molecule has 0 radical (unpaired) electrons. The predicted octanol–water partition coefficient (Wildman–Crippen LogP) is 6.00. The highest BCUT2D eigenvalue weighted by Gasteiger charge is 2.21. The Labute approximate surface area is 210 Å². The van der Waals surface area contributed by atoms with Gasteiger partial charge in [0.25, 0.3) is 15.9 Å². The molecule has 2 N–H and O–H groups in total. The third-order valence-corrected chi connectivity index (χ3v) is 7.47. The largest absolute Gasteiger partial charge is 0.322 e. The summed E-state index contributed by atoms with van der Waals surface area (Å²) in [5.74, 6) is -0.439. The molecule has 0 saturated carbocycles. The Bertz CT molecular complexity index is 1470. The van der Waals surface area contributed by atoms with Crippen molar-refractivity contribution in [2.45, 2.75) is 25.2 Å². The molecule has 1 aromatic heterocycles. The minimum atomic E-state index is -4.00. The van der Waals surface area contributed by atoms with Crippen molar-refractivity contribution in [2.24, 2.45) is 0 Å². The van der Waals surface area contributed by atoms with Crippen LogP contribution in [0.25, 0.3) is 0 Å². The second-order valence-electron chi connectivity index (χ2n) is 8.23. The number of benzene rings is 3.